The van der Waals surface area contributed by atoms with Crippen molar-refractivity contribution < 1.29 is 4.74 Å². The summed E-state index contributed by atoms with van der Waals surface area (Å²) in [6, 6.07) is 6.18. The molecule has 1 N–H and O–H groups in total. The Hall–Kier alpha value is -2.80. The Labute approximate surface area is 157 Å². The number of fused-ring (bicyclic) bond motifs is 2. The van der Waals surface area contributed by atoms with E-state index in [-0.39, 0.29) is 0 Å². The van der Waals surface area contributed by atoms with Crippen molar-refractivity contribution in [2.75, 3.05) is 31.2 Å². The van der Waals surface area contributed by atoms with Gasteiger partial charge in [-0.25, -0.2) is 15.0 Å². The topological polar surface area (TPSA) is 79.3 Å². The van der Waals surface area contributed by atoms with Crippen LogP contribution in [0.1, 0.15) is 19.3 Å². The number of benzene rings is 1. The third kappa shape index (κ3) is 3.30. The van der Waals surface area contributed by atoms with Crippen LogP contribution < -0.4 is 4.90 Å². The fourth-order valence-electron chi connectivity index (χ4n) is 3.79. The molecular weight excluding hydrogens is 340 g/mol. The largest absolute Gasteiger partial charge is 0.381 e. The van der Waals surface area contributed by atoms with E-state index in [1.807, 2.05) is 12.4 Å². The van der Waals surface area contributed by atoms with E-state index >= 15 is 0 Å². The van der Waals surface area contributed by atoms with Crippen molar-refractivity contribution >= 4 is 28.8 Å². The maximum atomic E-state index is 5.47. The summed E-state index contributed by atoms with van der Waals surface area (Å²) in [5.41, 5.74) is 2.89. The van der Waals surface area contributed by atoms with Gasteiger partial charge in [0.15, 0.2) is 11.6 Å². The van der Waals surface area contributed by atoms with E-state index in [2.05, 4.69) is 43.3 Å². The van der Waals surface area contributed by atoms with Gasteiger partial charge in [-0.15, -0.1) is 0 Å². The number of aromatic nitrogens is 4. The Kier molecular flexibility index (Phi) is 4.29. The summed E-state index contributed by atoms with van der Waals surface area (Å²) in [4.78, 5) is 16.2. The van der Waals surface area contributed by atoms with Crippen LogP contribution >= 0.6 is 0 Å². The molecule has 7 nitrogen and oxygen atoms in total. The Morgan fingerprint density at radius 3 is 3.04 bits per heavy atom. The fourth-order valence-corrected chi connectivity index (χ4v) is 3.79. The Morgan fingerprint density at radius 1 is 1.19 bits per heavy atom. The van der Waals surface area contributed by atoms with Gasteiger partial charge in [-0.05, 0) is 31.2 Å². The molecule has 3 aromatic rings. The lowest BCUT2D eigenvalue weighted by Gasteiger charge is -2.29. The predicted octanol–water partition coefficient (Wildman–Crippen LogP) is 3.36. The molecule has 0 aliphatic carbocycles. The minimum Gasteiger partial charge on any atom is -0.381 e. The number of anilines is 1. The van der Waals surface area contributed by atoms with Gasteiger partial charge in [0.1, 0.15) is 0 Å². The number of aliphatic imine (C=N–C) groups is 1. The number of H-pyrrole nitrogens is 1. The lowest BCUT2D eigenvalue weighted by atomic mass is 9.96. The highest BCUT2D eigenvalue weighted by Crippen LogP contribution is 2.31. The molecule has 2 aromatic heterocycles. The van der Waals surface area contributed by atoms with Gasteiger partial charge in [0.2, 0.25) is 0 Å². The molecule has 1 saturated heterocycles. The van der Waals surface area contributed by atoms with Gasteiger partial charge in [0.25, 0.3) is 0 Å². The van der Waals surface area contributed by atoms with Crippen LogP contribution in [0.15, 0.2) is 35.6 Å². The minimum absolute atomic E-state index is 0.708. The van der Waals surface area contributed by atoms with Crippen molar-refractivity contribution in [1.29, 1.82) is 0 Å². The van der Waals surface area contributed by atoms with Crippen molar-refractivity contribution in [3.63, 3.8) is 0 Å². The van der Waals surface area contributed by atoms with E-state index in [4.69, 9.17) is 9.72 Å². The van der Waals surface area contributed by atoms with E-state index in [1.165, 1.54) is 0 Å². The van der Waals surface area contributed by atoms with Gasteiger partial charge in [0.05, 0.1) is 30.1 Å². The average molecular weight is 362 g/mol. The zero-order valence-electron chi connectivity index (χ0n) is 15.1. The van der Waals surface area contributed by atoms with Crippen LogP contribution in [-0.2, 0) is 4.74 Å². The highest BCUT2D eigenvalue weighted by molar-refractivity contribution is 5.84. The van der Waals surface area contributed by atoms with E-state index in [0.717, 1.165) is 79.5 Å². The summed E-state index contributed by atoms with van der Waals surface area (Å²) < 4.78 is 5.47. The average Bonchev–Trinajstić information content (AvgIpc) is 3.20. The number of aromatic amines is 1. The molecule has 2 aliphatic rings. The molecule has 0 radical (unpaired) electrons. The SMILES string of the molecule is C1=Nc2ncc(-c3ccc4cn[nH]c4c3)nc2N(CCC2CCOCC2)C1. The van der Waals surface area contributed by atoms with Crippen LogP contribution in [0.2, 0.25) is 0 Å². The summed E-state index contributed by atoms with van der Waals surface area (Å²) in [7, 11) is 0. The molecule has 0 bridgehead atoms. The predicted molar refractivity (Wildman–Crippen MR) is 106 cm³/mol. The Bertz CT molecular complexity index is 976. The molecule has 5 rings (SSSR count). The molecular formula is C20H22N6O. The molecule has 4 heterocycles. The van der Waals surface area contributed by atoms with Gasteiger partial charge in [-0.2, -0.15) is 5.10 Å². The second-order valence-corrected chi connectivity index (χ2v) is 7.18. The van der Waals surface area contributed by atoms with E-state index in [0.29, 0.717) is 5.82 Å². The minimum atomic E-state index is 0.708. The van der Waals surface area contributed by atoms with E-state index < -0.39 is 0 Å². The first-order valence-corrected chi connectivity index (χ1v) is 9.52. The van der Waals surface area contributed by atoms with Crippen LogP contribution in [0.5, 0.6) is 0 Å². The Morgan fingerprint density at radius 2 is 2.11 bits per heavy atom. The number of hydrogen-bond donors (Lipinski definition) is 1. The van der Waals surface area contributed by atoms with E-state index in [1.54, 1.807) is 6.20 Å². The second-order valence-electron chi connectivity index (χ2n) is 7.18. The van der Waals surface area contributed by atoms with Crippen molar-refractivity contribution in [3.8, 4) is 11.3 Å². The van der Waals surface area contributed by atoms with Crippen LogP contribution in [0.4, 0.5) is 11.6 Å². The maximum absolute atomic E-state index is 5.47. The smallest absolute Gasteiger partial charge is 0.195 e. The molecule has 138 valence electrons. The first-order chi connectivity index (χ1) is 13.4. The third-order valence-electron chi connectivity index (χ3n) is 5.44. The monoisotopic (exact) mass is 362 g/mol. The summed E-state index contributed by atoms with van der Waals surface area (Å²) in [5, 5.41) is 8.20. The van der Waals surface area contributed by atoms with Crippen molar-refractivity contribution in [1.82, 2.24) is 20.2 Å². The number of rotatable bonds is 4. The summed E-state index contributed by atoms with van der Waals surface area (Å²) in [6.45, 7) is 3.54. The molecule has 0 unspecified atom stereocenters. The van der Waals surface area contributed by atoms with Gasteiger partial charge in [-0.1, -0.05) is 12.1 Å². The molecule has 0 spiro atoms. The number of nitrogens with one attached hydrogen (secondary N) is 1. The quantitative estimate of drug-likeness (QED) is 0.770. The zero-order chi connectivity index (χ0) is 18.1. The molecule has 0 saturated carbocycles. The molecule has 0 atom stereocenters. The molecule has 2 aliphatic heterocycles. The Balaban J connectivity index is 1.40. The fraction of sp³-hybridized carbons (Fsp3) is 0.400. The molecule has 1 fully saturated rings. The summed E-state index contributed by atoms with van der Waals surface area (Å²) in [5.74, 6) is 2.33. The number of hydrogen-bond acceptors (Lipinski definition) is 6. The lowest BCUT2D eigenvalue weighted by Crippen LogP contribution is -2.31. The number of nitrogens with zero attached hydrogens (tertiary/aromatic N) is 5. The molecule has 1 aromatic carbocycles. The van der Waals surface area contributed by atoms with Gasteiger partial charge in [0, 0.05) is 36.9 Å². The highest BCUT2D eigenvalue weighted by Gasteiger charge is 2.21. The zero-order valence-corrected chi connectivity index (χ0v) is 15.1. The number of ether oxygens (including phenoxy) is 1. The van der Waals surface area contributed by atoms with Gasteiger partial charge < -0.3 is 9.64 Å². The van der Waals surface area contributed by atoms with Gasteiger partial charge in [-0.3, -0.25) is 5.10 Å². The van der Waals surface area contributed by atoms with Crippen LogP contribution in [-0.4, -0.2) is 52.7 Å². The standard InChI is InChI=1S/C20H22N6O/c1-2-16-12-23-25-17(16)11-15(1)18-13-22-19-20(24-18)26(8-6-21-19)7-3-14-4-9-27-10-5-14/h1-2,6,11-14H,3-5,7-10H2,(H,23,25). The lowest BCUT2D eigenvalue weighted by molar-refractivity contribution is 0.0645. The summed E-state index contributed by atoms with van der Waals surface area (Å²) in [6.07, 6.45) is 9.02. The molecule has 27 heavy (non-hydrogen) atoms. The van der Waals surface area contributed by atoms with E-state index in [9.17, 15) is 0 Å². The van der Waals surface area contributed by atoms with Crippen LogP contribution in [0.25, 0.3) is 22.2 Å². The third-order valence-corrected chi connectivity index (χ3v) is 5.44. The van der Waals surface area contributed by atoms with Crippen LogP contribution in [0, 0.1) is 5.92 Å². The van der Waals surface area contributed by atoms with Crippen molar-refractivity contribution in [2.45, 2.75) is 19.3 Å². The van der Waals surface area contributed by atoms with Crippen molar-refractivity contribution in [3.05, 3.63) is 30.6 Å². The summed E-state index contributed by atoms with van der Waals surface area (Å²) >= 11 is 0. The molecule has 0 amide bonds. The van der Waals surface area contributed by atoms with Crippen molar-refractivity contribution in [2.24, 2.45) is 10.9 Å². The maximum Gasteiger partial charge on any atom is 0.195 e. The van der Waals surface area contributed by atoms with Gasteiger partial charge >= 0.3 is 0 Å². The first-order valence-electron chi connectivity index (χ1n) is 9.52. The van der Waals surface area contributed by atoms with Crippen LogP contribution in [0.3, 0.4) is 0 Å². The normalized spacial score (nSPS) is 17.4. The first kappa shape index (κ1) is 16.4. The molecule has 7 heteroatoms. The second kappa shape index (κ2) is 7.08. The highest BCUT2D eigenvalue weighted by atomic mass is 16.5.